The van der Waals surface area contributed by atoms with Gasteiger partial charge in [-0.1, -0.05) is 12.1 Å². The van der Waals surface area contributed by atoms with E-state index >= 15 is 0 Å². The predicted octanol–water partition coefficient (Wildman–Crippen LogP) is 2.19. The van der Waals surface area contributed by atoms with Gasteiger partial charge in [-0.15, -0.1) is 0 Å². The standard InChI is InChI=1S/C14H13N3O2/c18-13-9-5-1-2-6-10(9)16-17(13)14-15-11-7-3-4-8-12(11)19-14/h3-4,7-8,16H,1-2,5-6H2. The molecule has 4 rings (SSSR count). The Morgan fingerprint density at radius 3 is 2.89 bits per heavy atom. The second-order valence-electron chi connectivity index (χ2n) is 4.88. The summed E-state index contributed by atoms with van der Waals surface area (Å²) in [6, 6.07) is 7.83. The molecule has 5 nitrogen and oxygen atoms in total. The normalized spacial score (nSPS) is 14.7. The number of nitrogens with one attached hydrogen (secondary N) is 1. The zero-order valence-corrected chi connectivity index (χ0v) is 10.3. The monoisotopic (exact) mass is 255 g/mol. The molecule has 3 aromatic rings. The molecule has 0 saturated heterocycles. The summed E-state index contributed by atoms with van der Waals surface area (Å²) < 4.78 is 7.06. The van der Waals surface area contributed by atoms with E-state index in [0.717, 1.165) is 42.5 Å². The molecule has 0 unspecified atom stereocenters. The van der Waals surface area contributed by atoms with E-state index in [-0.39, 0.29) is 5.56 Å². The highest BCUT2D eigenvalue weighted by Gasteiger charge is 2.20. The van der Waals surface area contributed by atoms with Crippen LogP contribution in [-0.2, 0) is 12.8 Å². The Balaban J connectivity index is 1.92. The molecule has 2 aromatic heterocycles. The summed E-state index contributed by atoms with van der Waals surface area (Å²) in [7, 11) is 0. The number of rotatable bonds is 1. The van der Waals surface area contributed by atoms with Gasteiger partial charge in [0, 0.05) is 11.3 Å². The molecule has 0 saturated carbocycles. The van der Waals surface area contributed by atoms with Crippen LogP contribution < -0.4 is 5.56 Å². The van der Waals surface area contributed by atoms with Crippen molar-refractivity contribution in [1.82, 2.24) is 14.8 Å². The van der Waals surface area contributed by atoms with Crippen molar-refractivity contribution >= 4 is 11.1 Å². The van der Waals surface area contributed by atoms with Crippen molar-refractivity contribution in [3.8, 4) is 6.01 Å². The number of H-pyrrole nitrogens is 1. The van der Waals surface area contributed by atoms with Crippen LogP contribution in [0.15, 0.2) is 33.5 Å². The zero-order chi connectivity index (χ0) is 12.8. The molecule has 0 radical (unpaired) electrons. The number of hydrogen-bond donors (Lipinski definition) is 1. The number of para-hydroxylation sites is 2. The third-order valence-corrected chi connectivity index (χ3v) is 3.65. The Kier molecular flexibility index (Phi) is 2.15. The van der Waals surface area contributed by atoms with E-state index in [1.165, 1.54) is 4.68 Å². The summed E-state index contributed by atoms with van der Waals surface area (Å²) in [5, 5.41) is 3.13. The maximum atomic E-state index is 12.3. The van der Waals surface area contributed by atoms with Crippen LogP contribution in [0.4, 0.5) is 0 Å². The predicted molar refractivity (Wildman–Crippen MR) is 70.6 cm³/mol. The SMILES string of the molecule is O=c1c2c([nH]n1-c1nc3ccccc3o1)CCCC2. The molecule has 1 N–H and O–H groups in total. The van der Waals surface area contributed by atoms with Gasteiger partial charge in [0.05, 0.1) is 0 Å². The Morgan fingerprint density at radius 2 is 2.05 bits per heavy atom. The third kappa shape index (κ3) is 1.54. The lowest BCUT2D eigenvalue weighted by atomic mass is 9.98. The molecule has 0 atom stereocenters. The highest BCUT2D eigenvalue weighted by Crippen LogP contribution is 2.20. The van der Waals surface area contributed by atoms with E-state index < -0.39 is 0 Å². The van der Waals surface area contributed by atoms with Crippen LogP contribution in [0.2, 0.25) is 0 Å². The second kappa shape index (κ2) is 3.85. The van der Waals surface area contributed by atoms with Crippen molar-refractivity contribution in [1.29, 1.82) is 0 Å². The summed E-state index contributed by atoms with van der Waals surface area (Å²) in [5.74, 6) is 0. The molecule has 2 heterocycles. The van der Waals surface area contributed by atoms with Gasteiger partial charge in [-0.2, -0.15) is 9.67 Å². The second-order valence-corrected chi connectivity index (χ2v) is 4.88. The van der Waals surface area contributed by atoms with Gasteiger partial charge in [-0.3, -0.25) is 9.89 Å². The number of aromatic nitrogens is 3. The number of nitrogens with zero attached hydrogens (tertiary/aromatic N) is 2. The summed E-state index contributed by atoms with van der Waals surface area (Å²) in [6.45, 7) is 0. The van der Waals surface area contributed by atoms with Crippen LogP contribution >= 0.6 is 0 Å². The minimum Gasteiger partial charge on any atom is -0.422 e. The van der Waals surface area contributed by atoms with Crippen molar-refractivity contribution in [3.05, 3.63) is 45.9 Å². The molecule has 96 valence electrons. The number of aryl methyl sites for hydroxylation is 1. The average Bonchev–Trinajstić information content (AvgIpc) is 3.00. The molecule has 0 spiro atoms. The van der Waals surface area contributed by atoms with Crippen molar-refractivity contribution in [2.75, 3.05) is 0 Å². The van der Waals surface area contributed by atoms with Gasteiger partial charge < -0.3 is 4.42 Å². The maximum Gasteiger partial charge on any atom is 0.325 e. The minimum absolute atomic E-state index is 0.0266. The maximum absolute atomic E-state index is 12.3. The fourth-order valence-corrected chi connectivity index (χ4v) is 2.68. The van der Waals surface area contributed by atoms with Crippen molar-refractivity contribution in [3.63, 3.8) is 0 Å². The van der Waals surface area contributed by atoms with Crippen LogP contribution in [0.1, 0.15) is 24.1 Å². The van der Waals surface area contributed by atoms with Gasteiger partial charge >= 0.3 is 6.01 Å². The van der Waals surface area contributed by atoms with Gasteiger partial charge in [0.15, 0.2) is 5.58 Å². The van der Waals surface area contributed by atoms with E-state index in [1.54, 1.807) is 0 Å². The molecule has 1 aliphatic rings. The summed E-state index contributed by atoms with van der Waals surface area (Å²) in [6.07, 6.45) is 3.98. The van der Waals surface area contributed by atoms with Gasteiger partial charge in [0.1, 0.15) is 5.52 Å². The smallest absolute Gasteiger partial charge is 0.325 e. The quantitative estimate of drug-likeness (QED) is 0.725. The molecule has 0 fully saturated rings. The Bertz CT molecular complexity index is 777. The van der Waals surface area contributed by atoms with Crippen LogP contribution in [0.3, 0.4) is 0 Å². The van der Waals surface area contributed by atoms with E-state index in [4.69, 9.17) is 4.42 Å². The molecule has 0 aliphatic heterocycles. The topological polar surface area (TPSA) is 63.8 Å². The number of aromatic amines is 1. The van der Waals surface area contributed by atoms with Gasteiger partial charge in [-0.25, -0.2) is 0 Å². The third-order valence-electron chi connectivity index (χ3n) is 3.65. The van der Waals surface area contributed by atoms with Gasteiger partial charge in [-0.05, 0) is 37.8 Å². The first kappa shape index (κ1) is 10.6. The molecule has 5 heteroatoms. The van der Waals surface area contributed by atoms with E-state index in [2.05, 4.69) is 10.1 Å². The Morgan fingerprint density at radius 1 is 1.21 bits per heavy atom. The average molecular weight is 255 g/mol. The molecular weight excluding hydrogens is 242 g/mol. The summed E-state index contributed by atoms with van der Waals surface area (Å²) in [4.78, 5) is 16.7. The highest BCUT2D eigenvalue weighted by molar-refractivity contribution is 5.73. The number of fused-ring (bicyclic) bond motifs is 2. The Labute approximate surface area is 108 Å². The lowest BCUT2D eigenvalue weighted by Crippen LogP contribution is -2.18. The number of oxazole rings is 1. The highest BCUT2D eigenvalue weighted by atomic mass is 16.4. The van der Waals surface area contributed by atoms with Crippen molar-refractivity contribution < 1.29 is 4.42 Å². The van der Waals surface area contributed by atoms with Crippen LogP contribution in [0.25, 0.3) is 17.1 Å². The van der Waals surface area contributed by atoms with E-state index in [9.17, 15) is 4.79 Å². The first-order valence-corrected chi connectivity index (χ1v) is 6.51. The summed E-state index contributed by atoms with van der Waals surface area (Å²) >= 11 is 0. The molecule has 0 bridgehead atoms. The van der Waals surface area contributed by atoms with E-state index in [0.29, 0.717) is 11.6 Å². The number of benzene rings is 1. The lowest BCUT2D eigenvalue weighted by molar-refractivity contribution is 0.534. The molecule has 1 aliphatic carbocycles. The van der Waals surface area contributed by atoms with Crippen molar-refractivity contribution in [2.45, 2.75) is 25.7 Å². The molecule has 19 heavy (non-hydrogen) atoms. The molecule has 0 amide bonds. The zero-order valence-electron chi connectivity index (χ0n) is 10.3. The Hall–Kier alpha value is -2.30. The number of hydrogen-bond acceptors (Lipinski definition) is 3. The first-order chi connectivity index (χ1) is 9.33. The van der Waals surface area contributed by atoms with Crippen molar-refractivity contribution in [2.24, 2.45) is 0 Å². The fraction of sp³-hybridized carbons (Fsp3) is 0.286. The van der Waals surface area contributed by atoms with Gasteiger partial charge in [0.2, 0.25) is 0 Å². The van der Waals surface area contributed by atoms with E-state index in [1.807, 2.05) is 24.3 Å². The van der Waals surface area contributed by atoms with Crippen LogP contribution in [-0.4, -0.2) is 14.8 Å². The largest absolute Gasteiger partial charge is 0.422 e. The van der Waals surface area contributed by atoms with Crippen LogP contribution in [0, 0.1) is 0 Å². The molecule has 1 aromatic carbocycles. The fourth-order valence-electron chi connectivity index (χ4n) is 2.68. The lowest BCUT2D eigenvalue weighted by Gasteiger charge is -2.06. The minimum atomic E-state index is -0.0266. The van der Waals surface area contributed by atoms with Crippen LogP contribution in [0.5, 0.6) is 0 Å². The first-order valence-electron chi connectivity index (χ1n) is 6.51. The van der Waals surface area contributed by atoms with Gasteiger partial charge in [0.25, 0.3) is 5.56 Å². The molecular formula is C14H13N3O2. The summed E-state index contributed by atoms with van der Waals surface area (Å²) in [5.41, 5.74) is 3.34.